The van der Waals surface area contributed by atoms with E-state index >= 15 is 0 Å². The van der Waals surface area contributed by atoms with Crippen LogP contribution in [0.3, 0.4) is 0 Å². The lowest BCUT2D eigenvalue weighted by atomic mass is 10.1. The Labute approximate surface area is 185 Å². The van der Waals surface area contributed by atoms with Crippen LogP contribution in [0.1, 0.15) is 34.5 Å². The number of sulfonamides is 1. The molecule has 2 aromatic carbocycles. The molecule has 1 aromatic heterocycles. The Balaban J connectivity index is 1.44. The van der Waals surface area contributed by atoms with Crippen LogP contribution >= 0.6 is 11.3 Å². The molecule has 0 saturated heterocycles. The third-order valence-corrected chi connectivity index (χ3v) is 7.34. The van der Waals surface area contributed by atoms with Crippen LogP contribution in [0.2, 0.25) is 0 Å². The summed E-state index contributed by atoms with van der Waals surface area (Å²) in [7, 11) is -2.03. The van der Waals surface area contributed by atoms with Crippen LogP contribution < -0.4 is 9.46 Å². The number of benzene rings is 2. The topological polar surface area (TPSA) is 94.6 Å². The van der Waals surface area contributed by atoms with Crippen LogP contribution in [-0.2, 0) is 21.4 Å². The monoisotopic (exact) mass is 458 g/mol. The third kappa shape index (κ3) is 5.12. The number of nitrogens with one attached hydrogen (secondary N) is 1. The first kappa shape index (κ1) is 21.5. The number of esters is 1. The van der Waals surface area contributed by atoms with Crippen LogP contribution in [0, 0.1) is 6.92 Å². The SMILES string of the molecule is COc1ccc(-c2nc(COC(=O)c3cc(S(=O)(=O)NC4CC4)ccc3C)cs2)cc1. The first-order chi connectivity index (χ1) is 14.9. The number of thiazole rings is 1. The summed E-state index contributed by atoms with van der Waals surface area (Å²) in [4.78, 5) is 17.2. The average molecular weight is 459 g/mol. The van der Waals surface area contributed by atoms with Crippen LogP contribution in [-0.4, -0.2) is 32.5 Å². The lowest BCUT2D eigenvalue weighted by Gasteiger charge is -2.10. The Morgan fingerprint density at radius 3 is 2.61 bits per heavy atom. The number of methoxy groups -OCH3 is 1. The fraction of sp³-hybridized carbons (Fsp3) is 0.273. The highest BCUT2D eigenvalue weighted by atomic mass is 32.2. The van der Waals surface area contributed by atoms with Gasteiger partial charge in [-0.2, -0.15) is 0 Å². The Kier molecular flexibility index (Phi) is 6.08. The maximum absolute atomic E-state index is 12.6. The minimum Gasteiger partial charge on any atom is -0.497 e. The molecular formula is C22H22N2O5S2. The number of nitrogens with zero attached hydrogens (tertiary/aromatic N) is 1. The molecule has 0 spiro atoms. The Morgan fingerprint density at radius 2 is 1.94 bits per heavy atom. The molecule has 0 amide bonds. The zero-order valence-corrected chi connectivity index (χ0v) is 18.8. The summed E-state index contributed by atoms with van der Waals surface area (Å²) in [5.74, 6) is 0.182. The van der Waals surface area contributed by atoms with Gasteiger partial charge in [-0.25, -0.2) is 22.9 Å². The van der Waals surface area contributed by atoms with Gasteiger partial charge in [0.15, 0.2) is 0 Å². The van der Waals surface area contributed by atoms with Gasteiger partial charge in [0.25, 0.3) is 0 Å². The summed E-state index contributed by atoms with van der Waals surface area (Å²) in [6.07, 6.45) is 1.68. The van der Waals surface area contributed by atoms with E-state index in [2.05, 4.69) is 9.71 Å². The van der Waals surface area contributed by atoms with Crippen LogP contribution in [0.4, 0.5) is 0 Å². The molecule has 1 saturated carbocycles. The van der Waals surface area contributed by atoms with Gasteiger partial charge in [-0.05, 0) is 61.7 Å². The van der Waals surface area contributed by atoms with Crippen molar-refractivity contribution in [2.75, 3.05) is 7.11 Å². The summed E-state index contributed by atoms with van der Waals surface area (Å²) >= 11 is 1.45. The van der Waals surface area contributed by atoms with Gasteiger partial charge in [0.05, 0.1) is 23.3 Å². The second-order valence-corrected chi connectivity index (χ2v) is 9.89. The molecule has 0 bridgehead atoms. The van der Waals surface area contributed by atoms with Gasteiger partial charge < -0.3 is 9.47 Å². The minimum absolute atomic E-state index is 0.00221. The van der Waals surface area contributed by atoms with E-state index < -0.39 is 16.0 Å². The second-order valence-electron chi connectivity index (χ2n) is 7.32. The minimum atomic E-state index is -3.65. The van der Waals surface area contributed by atoms with Crippen molar-refractivity contribution in [3.05, 3.63) is 64.7 Å². The molecule has 1 fully saturated rings. The average Bonchev–Trinajstić information content (AvgIpc) is 3.44. The third-order valence-electron chi connectivity index (χ3n) is 4.88. The molecule has 0 unspecified atom stereocenters. The number of rotatable bonds is 8. The molecule has 1 N–H and O–H groups in total. The Bertz CT molecular complexity index is 1200. The molecule has 0 aliphatic heterocycles. The van der Waals surface area contributed by atoms with Gasteiger partial charge in [0, 0.05) is 17.0 Å². The largest absolute Gasteiger partial charge is 0.497 e. The smallest absolute Gasteiger partial charge is 0.338 e. The molecule has 7 nitrogen and oxygen atoms in total. The van der Waals surface area contributed by atoms with Crippen molar-refractivity contribution in [1.29, 1.82) is 0 Å². The van der Waals surface area contributed by atoms with E-state index in [-0.39, 0.29) is 23.1 Å². The van der Waals surface area contributed by atoms with Crippen LogP contribution in [0.25, 0.3) is 10.6 Å². The van der Waals surface area contributed by atoms with Crippen LogP contribution in [0.5, 0.6) is 5.75 Å². The van der Waals surface area contributed by atoms with Crippen molar-refractivity contribution >= 4 is 27.3 Å². The molecular weight excluding hydrogens is 436 g/mol. The van der Waals surface area contributed by atoms with Crippen molar-refractivity contribution in [2.24, 2.45) is 0 Å². The number of carbonyl (C=O) groups is 1. The van der Waals surface area contributed by atoms with E-state index in [1.165, 1.54) is 23.5 Å². The zero-order valence-electron chi connectivity index (χ0n) is 17.1. The fourth-order valence-corrected chi connectivity index (χ4v) is 5.07. The van der Waals surface area contributed by atoms with E-state index in [4.69, 9.17) is 9.47 Å². The molecule has 0 atom stereocenters. The van der Waals surface area contributed by atoms with E-state index in [0.717, 1.165) is 29.2 Å². The van der Waals surface area contributed by atoms with E-state index in [0.29, 0.717) is 11.3 Å². The predicted molar refractivity (Wildman–Crippen MR) is 118 cm³/mol. The zero-order chi connectivity index (χ0) is 22.0. The lowest BCUT2D eigenvalue weighted by molar-refractivity contribution is 0.0467. The highest BCUT2D eigenvalue weighted by molar-refractivity contribution is 7.89. The van der Waals surface area contributed by atoms with Gasteiger partial charge in [-0.3, -0.25) is 0 Å². The van der Waals surface area contributed by atoms with Crippen molar-refractivity contribution in [3.8, 4) is 16.3 Å². The van der Waals surface area contributed by atoms with Crippen LogP contribution in [0.15, 0.2) is 52.7 Å². The van der Waals surface area contributed by atoms with E-state index in [9.17, 15) is 13.2 Å². The van der Waals surface area contributed by atoms with Gasteiger partial charge in [-0.15, -0.1) is 11.3 Å². The predicted octanol–water partition coefficient (Wildman–Crippen LogP) is 3.92. The summed E-state index contributed by atoms with van der Waals surface area (Å²) in [6.45, 7) is 1.74. The maximum atomic E-state index is 12.6. The maximum Gasteiger partial charge on any atom is 0.338 e. The van der Waals surface area contributed by atoms with E-state index in [1.54, 1.807) is 20.1 Å². The molecule has 31 heavy (non-hydrogen) atoms. The molecule has 1 aliphatic rings. The number of ether oxygens (including phenoxy) is 2. The Hall–Kier alpha value is -2.75. The van der Waals surface area contributed by atoms with Gasteiger partial charge in [-0.1, -0.05) is 6.07 Å². The van der Waals surface area contributed by atoms with Gasteiger partial charge >= 0.3 is 5.97 Å². The number of carbonyl (C=O) groups excluding carboxylic acids is 1. The van der Waals surface area contributed by atoms with Crippen molar-refractivity contribution < 1.29 is 22.7 Å². The molecule has 0 radical (unpaired) electrons. The quantitative estimate of drug-likeness (QED) is 0.514. The van der Waals surface area contributed by atoms with Crippen molar-refractivity contribution in [3.63, 3.8) is 0 Å². The summed E-state index contributed by atoms with van der Waals surface area (Å²) in [6, 6.07) is 12.0. The fourth-order valence-electron chi connectivity index (χ4n) is 2.93. The number of aryl methyl sites for hydroxylation is 1. The normalized spacial score (nSPS) is 13.7. The van der Waals surface area contributed by atoms with Crippen molar-refractivity contribution in [1.82, 2.24) is 9.71 Å². The molecule has 1 heterocycles. The lowest BCUT2D eigenvalue weighted by Crippen LogP contribution is -2.26. The number of hydrogen-bond donors (Lipinski definition) is 1. The molecule has 3 aromatic rings. The van der Waals surface area contributed by atoms with E-state index in [1.807, 2.05) is 29.6 Å². The highest BCUT2D eigenvalue weighted by Crippen LogP contribution is 2.27. The van der Waals surface area contributed by atoms with Crippen molar-refractivity contribution in [2.45, 2.75) is 37.3 Å². The molecule has 162 valence electrons. The first-order valence-electron chi connectivity index (χ1n) is 9.74. The standard InChI is InChI=1S/C22H22N2O5S2/c1-14-3-10-19(31(26,27)24-16-6-7-16)11-20(14)22(25)29-12-17-13-30-21(23-17)15-4-8-18(28-2)9-5-15/h3-5,8-11,13,16,24H,6-7,12H2,1-2H3. The highest BCUT2D eigenvalue weighted by Gasteiger charge is 2.28. The second kappa shape index (κ2) is 8.78. The molecule has 4 rings (SSSR count). The summed E-state index contributed by atoms with van der Waals surface area (Å²) < 4.78 is 38.1. The Morgan fingerprint density at radius 1 is 1.19 bits per heavy atom. The number of aromatic nitrogens is 1. The first-order valence-corrected chi connectivity index (χ1v) is 12.1. The molecule has 9 heteroatoms. The number of hydrogen-bond acceptors (Lipinski definition) is 7. The summed E-state index contributed by atoms with van der Waals surface area (Å²) in [5.41, 5.74) is 2.44. The summed E-state index contributed by atoms with van der Waals surface area (Å²) in [5, 5.41) is 2.64. The van der Waals surface area contributed by atoms with Gasteiger partial charge in [0.1, 0.15) is 17.4 Å². The molecule has 1 aliphatic carbocycles. The van der Waals surface area contributed by atoms with Gasteiger partial charge in [0.2, 0.25) is 10.0 Å².